The summed E-state index contributed by atoms with van der Waals surface area (Å²) in [5.41, 5.74) is 6.11. The van der Waals surface area contributed by atoms with E-state index in [0.29, 0.717) is 11.5 Å². The molecule has 0 spiro atoms. The number of amides is 2. The summed E-state index contributed by atoms with van der Waals surface area (Å²) in [6.45, 7) is 3.06. The zero-order valence-electron chi connectivity index (χ0n) is 17.6. The zero-order valence-corrected chi connectivity index (χ0v) is 18.4. The Hall–Kier alpha value is -3.66. The summed E-state index contributed by atoms with van der Waals surface area (Å²) in [6, 6.07) is 4.51. The number of carbonyl (C=O) groups is 3. The monoisotopic (exact) mass is 463 g/mol. The molecule has 32 heavy (non-hydrogen) atoms. The first-order valence-electron chi connectivity index (χ1n) is 9.59. The van der Waals surface area contributed by atoms with Crippen LogP contribution in [0.5, 0.6) is 5.75 Å². The lowest BCUT2D eigenvalue weighted by molar-refractivity contribution is -0.139. The summed E-state index contributed by atoms with van der Waals surface area (Å²) in [4.78, 5) is 37.6. The van der Waals surface area contributed by atoms with E-state index in [4.69, 9.17) is 36.0 Å². The molecule has 2 amide bonds. The number of benzene rings is 1. The second-order valence-corrected chi connectivity index (χ2v) is 7.15. The Labute approximate surface area is 188 Å². The van der Waals surface area contributed by atoms with Crippen LogP contribution in [0.3, 0.4) is 0 Å². The number of nitrogens with one attached hydrogen (secondary N) is 2. The largest absolute Gasteiger partial charge is 0.496 e. The lowest BCUT2D eigenvalue weighted by atomic mass is 10.0. The second kappa shape index (κ2) is 9.65. The Kier molecular flexibility index (Phi) is 6.94. The van der Waals surface area contributed by atoms with Gasteiger partial charge in [0.05, 0.1) is 35.7 Å². The number of halogens is 1. The second-order valence-electron chi connectivity index (χ2n) is 6.74. The quantitative estimate of drug-likeness (QED) is 0.420. The molecule has 1 aromatic carbocycles. The molecule has 1 aliphatic rings. The molecule has 1 aliphatic heterocycles. The molecule has 10 nitrogen and oxygen atoms in total. The van der Waals surface area contributed by atoms with Crippen molar-refractivity contribution < 1.29 is 33.0 Å². The summed E-state index contributed by atoms with van der Waals surface area (Å²) in [7, 11) is 1.36. The normalized spacial score (nSPS) is 15.6. The van der Waals surface area contributed by atoms with Gasteiger partial charge in [0.2, 0.25) is 0 Å². The van der Waals surface area contributed by atoms with Crippen LogP contribution in [-0.2, 0) is 14.3 Å². The number of hydrogen-bond acceptors (Lipinski definition) is 8. The van der Waals surface area contributed by atoms with Crippen LogP contribution in [0.2, 0.25) is 5.02 Å². The Bertz CT molecular complexity index is 1090. The van der Waals surface area contributed by atoms with Crippen molar-refractivity contribution in [1.29, 1.82) is 0 Å². The highest BCUT2D eigenvalue weighted by Crippen LogP contribution is 2.31. The highest BCUT2D eigenvalue weighted by Gasteiger charge is 2.36. The van der Waals surface area contributed by atoms with E-state index in [-0.39, 0.29) is 39.9 Å². The number of ether oxygens (including phenoxy) is 3. The van der Waals surface area contributed by atoms with Gasteiger partial charge in [-0.05, 0) is 32.0 Å². The minimum absolute atomic E-state index is 0.0310. The zero-order chi connectivity index (χ0) is 23.4. The number of carbonyl (C=O) groups excluding carboxylic acids is 3. The number of nitrogen functional groups attached to an aromatic ring is 1. The maximum atomic E-state index is 12.7. The van der Waals surface area contributed by atoms with Gasteiger partial charge in [-0.3, -0.25) is 0 Å². The van der Waals surface area contributed by atoms with Crippen LogP contribution in [0, 0.1) is 6.92 Å². The van der Waals surface area contributed by atoms with Gasteiger partial charge < -0.3 is 35.0 Å². The van der Waals surface area contributed by atoms with E-state index in [1.165, 1.54) is 19.2 Å². The number of hydrogen-bond donors (Lipinski definition) is 3. The van der Waals surface area contributed by atoms with Crippen LogP contribution in [0.15, 0.2) is 40.0 Å². The molecule has 4 N–H and O–H groups in total. The third-order valence-electron chi connectivity index (χ3n) is 4.58. The van der Waals surface area contributed by atoms with E-state index in [1.807, 2.05) is 0 Å². The molecule has 0 saturated carbocycles. The first kappa shape index (κ1) is 23.0. The van der Waals surface area contributed by atoms with Crippen molar-refractivity contribution in [3.8, 4) is 5.75 Å². The van der Waals surface area contributed by atoms with Gasteiger partial charge in [0.25, 0.3) is 0 Å². The smallest absolute Gasteiger partial charge is 0.342 e. The maximum absolute atomic E-state index is 12.7. The topological polar surface area (TPSA) is 142 Å². The van der Waals surface area contributed by atoms with E-state index in [2.05, 4.69) is 10.6 Å². The average Bonchev–Trinajstić information content (AvgIpc) is 3.19. The number of nitrogens with two attached hydrogens (primary N) is 1. The molecule has 0 aliphatic carbocycles. The van der Waals surface area contributed by atoms with E-state index < -0.39 is 30.6 Å². The molecule has 0 fully saturated rings. The predicted octanol–water partition coefficient (Wildman–Crippen LogP) is 2.86. The molecule has 3 rings (SSSR count). The van der Waals surface area contributed by atoms with Gasteiger partial charge in [0.15, 0.2) is 0 Å². The van der Waals surface area contributed by atoms with Crippen molar-refractivity contribution in [1.82, 2.24) is 10.6 Å². The van der Waals surface area contributed by atoms with Crippen molar-refractivity contribution >= 4 is 35.3 Å². The number of esters is 2. The van der Waals surface area contributed by atoms with Crippen molar-refractivity contribution in [2.45, 2.75) is 19.9 Å². The molecule has 0 radical (unpaired) electrons. The van der Waals surface area contributed by atoms with Gasteiger partial charge in [-0.1, -0.05) is 11.6 Å². The summed E-state index contributed by atoms with van der Waals surface area (Å²) < 4.78 is 21.2. The predicted molar refractivity (Wildman–Crippen MR) is 114 cm³/mol. The first-order valence-corrected chi connectivity index (χ1v) is 9.97. The van der Waals surface area contributed by atoms with Crippen molar-refractivity contribution in [3.63, 3.8) is 0 Å². The Morgan fingerprint density at radius 1 is 1.22 bits per heavy atom. The van der Waals surface area contributed by atoms with Crippen LogP contribution in [-0.4, -0.2) is 38.3 Å². The van der Waals surface area contributed by atoms with Crippen molar-refractivity contribution in [2.75, 3.05) is 26.1 Å². The standard InChI is InChI=1S/C21H22ClN3O7/c1-4-30-20(27)17-14(24-21(28)25-18(17)15-6-5-10(2)32-15)9-31-19(26)11-7-12(22)13(23)8-16(11)29-3/h5-8,18H,4,9,23H2,1-3H3,(H2,24,25,28). The fourth-order valence-corrected chi connectivity index (χ4v) is 3.28. The molecular formula is C21H22ClN3O7. The number of urea groups is 1. The Morgan fingerprint density at radius 2 is 1.97 bits per heavy atom. The van der Waals surface area contributed by atoms with Gasteiger partial charge >= 0.3 is 18.0 Å². The molecule has 0 bridgehead atoms. The third kappa shape index (κ3) is 4.80. The molecule has 11 heteroatoms. The lowest BCUT2D eigenvalue weighted by Gasteiger charge is -2.27. The Balaban J connectivity index is 1.93. The molecule has 2 heterocycles. The van der Waals surface area contributed by atoms with Crippen LogP contribution in [0.4, 0.5) is 10.5 Å². The van der Waals surface area contributed by atoms with E-state index >= 15 is 0 Å². The first-order chi connectivity index (χ1) is 15.2. The van der Waals surface area contributed by atoms with Gasteiger partial charge in [-0.25, -0.2) is 14.4 Å². The van der Waals surface area contributed by atoms with Crippen LogP contribution < -0.4 is 21.1 Å². The molecule has 1 atom stereocenters. The number of rotatable bonds is 7. The minimum atomic E-state index is -0.925. The number of furan rings is 1. The van der Waals surface area contributed by atoms with Crippen LogP contribution in [0.1, 0.15) is 34.8 Å². The molecular weight excluding hydrogens is 442 g/mol. The molecule has 1 unspecified atom stereocenters. The molecule has 170 valence electrons. The fraction of sp³-hybridized carbons (Fsp3) is 0.286. The van der Waals surface area contributed by atoms with Crippen molar-refractivity contribution in [2.24, 2.45) is 0 Å². The summed E-state index contributed by atoms with van der Waals surface area (Å²) >= 11 is 6.01. The fourth-order valence-electron chi connectivity index (χ4n) is 3.12. The van der Waals surface area contributed by atoms with E-state index in [9.17, 15) is 14.4 Å². The Morgan fingerprint density at radius 3 is 2.59 bits per heavy atom. The number of methoxy groups -OCH3 is 1. The van der Waals surface area contributed by atoms with E-state index in [1.54, 1.807) is 26.0 Å². The minimum Gasteiger partial charge on any atom is -0.496 e. The SMILES string of the molecule is CCOC(=O)C1=C(COC(=O)c2cc(Cl)c(N)cc2OC)NC(=O)NC1c1ccc(C)o1. The number of aryl methyl sites for hydroxylation is 1. The molecule has 2 aromatic rings. The highest BCUT2D eigenvalue weighted by molar-refractivity contribution is 6.33. The van der Waals surface area contributed by atoms with Gasteiger partial charge in [0.1, 0.15) is 35.5 Å². The van der Waals surface area contributed by atoms with Gasteiger partial charge in [-0.2, -0.15) is 0 Å². The summed E-state index contributed by atoms with van der Waals surface area (Å²) in [5, 5.41) is 5.27. The van der Waals surface area contributed by atoms with Gasteiger partial charge in [-0.15, -0.1) is 0 Å². The highest BCUT2D eigenvalue weighted by atomic mass is 35.5. The van der Waals surface area contributed by atoms with Crippen molar-refractivity contribution in [3.05, 3.63) is 57.6 Å². The van der Waals surface area contributed by atoms with Crippen LogP contribution >= 0.6 is 11.6 Å². The summed E-state index contributed by atoms with van der Waals surface area (Å²) in [6.07, 6.45) is 0. The van der Waals surface area contributed by atoms with E-state index in [0.717, 1.165) is 0 Å². The number of anilines is 1. The third-order valence-corrected chi connectivity index (χ3v) is 4.91. The van der Waals surface area contributed by atoms with Crippen LogP contribution in [0.25, 0.3) is 0 Å². The van der Waals surface area contributed by atoms with Gasteiger partial charge in [0, 0.05) is 6.07 Å². The molecule has 0 saturated heterocycles. The summed E-state index contributed by atoms with van der Waals surface area (Å²) in [5.74, 6) is -0.405. The average molecular weight is 464 g/mol. The molecule has 1 aromatic heterocycles. The maximum Gasteiger partial charge on any atom is 0.342 e. The lowest BCUT2D eigenvalue weighted by Crippen LogP contribution is -2.47.